The third kappa shape index (κ3) is 5.28. The largest absolute Gasteiger partial charge is 0.391 e. The molecule has 0 aliphatic carbocycles. The maximum absolute atomic E-state index is 12.1. The number of rotatable bonds is 7. The van der Waals surface area contributed by atoms with Crippen LogP contribution in [0.3, 0.4) is 0 Å². The van der Waals surface area contributed by atoms with Gasteiger partial charge in [0.15, 0.2) is 9.84 Å². The monoisotopic (exact) mass is 325 g/mol. The molecule has 1 unspecified atom stereocenters. The highest BCUT2D eigenvalue weighted by atomic mass is 35.5. The van der Waals surface area contributed by atoms with E-state index in [4.69, 9.17) is 23.2 Å². The summed E-state index contributed by atoms with van der Waals surface area (Å²) in [5, 5.41) is 13.1. The third-order valence-electron chi connectivity index (χ3n) is 2.45. The second kappa shape index (κ2) is 7.45. The molecule has 0 saturated carbocycles. The molecule has 19 heavy (non-hydrogen) atoms. The van der Waals surface area contributed by atoms with E-state index in [1.807, 2.05) is 6.92 Å². The molecule has 0 radical (unpaired) electrons. The summed E-state index contributed by atoms with van der Waals surface area (Å²) in [6.45, 7) is 2.95. The molecule has 0 aromatic heterocycles. The van der Waals surface area contributed by atoms with Gasteiger partial charge in [0.05, 0.1) is 21.8 Å². The molecule has 1 rings (SSSR count). The molecule has 4 nitrogen and oxygen atoms in total. The maximum Gasteiger partial charge on any atom is 0.182 e. The van der Waals surface area contributed by atoms with Crippen molar-refractivity contribution in [3.8, 4) is 0 Å². The Morgan fingerprint density at radius 1 is 1.37 bits per heavy atom. The van der Waals surface area contributed by atoms with Gasteiger partial charge < -0.3 is 10.4 Å². The lowest BCUT2D eigenvalue weighted by Crippen LogP contribution is -2.33. The fourth-order valence-electron chi connectivity index (χ4n) is 1.56. The topological polar surface area (TPSA) is 66.4 Å². The second-order valence-electron chi connectivity index (χ2n) is 4.21. The lowest BCUT2D eigenvalue weighted by atomic mass is 10.4. The van der Waals surface area contributed by atoms with Gasteiger partial charge in [-0.25, -0.2) is 8.42 Å². The summed E-state index contributed by atoms with van der Waals surface area (Å²) in [5.41, 5.74) is 0. The van der Waals surface area contributed by atoms with Gasteiger partial charge in [0.25, 0.3) is 0 Å². The first-order valence-corrected chi connectivity index (χ1v) is 8.34. The van der Waals surface area contributed by atoms with Crippen LogP contribution < -0.4 is 5.32 Å². The fraction of sp³-hybridized carbons (Fsp3) is 0.500. The zero-order valence-electron chi connectivity index (χ0n) is 10.6. The Balaban J connectivity index is 2.78. The second-order valence-corrected chi connectivity index (χ2v) is 7.06. The highest BCUT2D eigenvalue weighted by Gasteiger charge is 2.22. The minimum Gasteiger partial charge on any atom is -0.391 e. The molecule has 0 aliphatic rings. The van der Waals surface area contributed by atoms with Crippen LogP contribution in [0.15, 0.2) is 23.1 Å². The van der Waals surface area contributed by atoms with Crippen LogP contribution in [0.2, 0.25) is 10.0 Å². The maximum atomic E-state index is 12.1. The van der Waals surface area contributed by atoms with Gasteiger partial charge in [-0.1, -0.05) is 30.1 Å². The van der Waals surface area contributed by atoms with Crippen LogP contribution in [0, 0.1) is 0 Å². The molecule has 0 heterocycles. The number of aliphatic hydroxyl groups excluding tert-OH is 1. The summed E-state index contributed by atoms with van der Waals surface area (Å²) >= 11 is 11.6. The molecule has 1 aromatic rings. The minimum atomic E-state index is -3.66. The van der Waals surface area contributed by atoms with Crippen molar-refractivity contribution in [1.82, 2.24) is 5.32 Å². The van der Waals surface area contributed by atoms with Gasteiger partial charge in [0.1, 0.15) is 0 Å². The van der Waals surface area contributed by atoms with Crippen molar-refractivity contribution >= 4 is 33.0 Å². The summed E-state index contributed by atoms with van der Waals surface area (Å²) in [6, 6.07) is 4.24. The number of benzene rings is 1. The number of sulfone groups is 1. The summed E-state index contributed by atoms with van der Waals surface area (Å²) in [4.78, 5) is -0.0452. The Morgan fingerprint density at radius 3 is 2.68 bits per heavy atom. The summed E-state index contributed by atoms with van der Waals surface area (Å²) in [5.74, 6) is -0.385. The normalized spacial score (nSPS) is 13.5. The Kier molecular flexibility index (Phi) is 6.56. The summed E-state index contributed by atoms with van der Waals surface area (Å²) in [6.07, 6.45) is -0.0637. The summed E-state index contributed by atoms with van der Waals surface area (Å²) in [7, 11) is -3.66. The quantitative estimate of drug-likeness (QED) is 0.754. The van der Waals surface area contributed by atoms with E-state index in [0.717, 1.165) is 13.0 Å². The van der Waals surface area contributed by atoms with E-state index in [2.05, 4.69) is 5.32 Å². The molecule has 0 aliphatic heterocycles. The molecule has 0 bridgehead atoms. The zero-order chi connectivity index (χ0) is 14.5. The van der Waals surface area contributed by atoms with Crippen molar-refractivity contribution in [2.24, 2.45) is 0 Å². The van der Waals surface area contributed by atoms with Crippen LogP contribution in [-0.2, 0) is 9.84 Å². The van der Waals surface area contributed by atoms with E-state index in [1.54, 1.807) is 0 Å². The molecule has 2 N–H and O–H groups in total. The smallest absolute Gasteiger partial charge is 0.182 e. The average molecular weight is 326 g/mol. The van der Waals surface area contributed by atoms with Gasteiger partial charge in [-0.2, -0.15) is 0 Å². The van der Waals surface area contributed by atoms with Gasteiger partial charge >= 0.3 is 0 Å². The number of nitrogens with one attached hydrogen (secondary N) is 1. The fourth-order valence-corrected chi connectivity index (χ4v) is 3.75. The average Bonchev–Trinajstić information content (AvgIpc) is 2.32. The molecule has 0 saturated heterocycles. The summed E-state index contributed by atoms with van der Waals surface area (Å²) < 4.78 is 24.2. The highest BCUT2D eigenvalue weighted by Crippen LogP contribution is 2.26. The van der Waals surface area contributed by atoms with Gasteiger partial charge in [-0.3, -0.25) is 0 Å². The Bertz CT molecular complexity index is 520. The van der Waals surface area contributed by atoms with E-state index in [9.17, 15) is 13.5 Å². The van der Waals surface area contributed by atoms with Crippen molar-refractivity contribution < 1.29 is 13.5 Å². The van der Waals surface area contributed by atoms with E-state index >= 15 is 0 Å². The van der Waals surface area contributed by atoms with Crippen LogP contribution in [0.25, 0.3) is 0 Å². The number of halogens is 2. The van der Waals surface area contributed by atoms with Gasteiger partial charge in [0.2, 0.25) is 0 Å². The predicted octanol–water partition coefficient (Wildman–Crippen LogP) is 2.13. The SMILES string of the molecule is CCCNCC(O)CS(=O)(=O)c1cc(Cl)ccc1Cl. The molecular formula is C12H17Cl2NO3S. The van der Waals surface area contributed by atoms with E-state index < -0.39 is 15.9 Å². The Labute approximate surface area is 123 Å². The van der Waals surface area contributed by atoms with Crippen LogP contribution >= 0.6 is 23.2 Å². The third-order valence-corrected chi connectivity index (χ3v) is 4.96. The molecule has 1 aromatic carbocycles. The van der Waals surface area contributed by atoms with Crippen LogP contribution in [0.1, 0.15) is 13.3 Å². The van der Waals surface area contributed by atoms with Crippen LogP contribution in [0.4, 0.5) is 0 Å². The highest BCUT2D eigenvalue weighted by molar-refractivity contribution is 7.91. The standard InChI is InChI=1S/C12H17Cl2NO3S/c1-2-5-15-7-10(16)8-19(17,18)12-6-9(13)3-4-11(12)14/h3-4,6,10,15-16H,2,5,7-8H2,1H3. The van der Waals surface area contributed by atoms with Crippen molar-refractivity contribution in [1.29, 1.82) is 0 Å². The number of aliphatic hydroxyl groups is 1. The van der Waals surface area contributed by atoms with Crippen molar-refractivity contribution in [3.05, 3.63) is 28.2 Å². The van der Waals surface area contributed by atoms with Gasteiger partial charge in [-0.05, 0) is 31.2 Å². The molecule has 7 heteroatoms. The number of hydrogen-bond donors (Lipinski definition) is 2. The molecule has 0 amide bonds. The van der Waals surface area contributed by atoms with Crippen LogP contribution in [-0.4, -0.2) is 38.5 Å². The predicted molar refractivity (Wildman–Crippen MR) is 77.7 cm³/mol. The molecule has 1 atom stereocenters. The first-order valence-electron chi connectivity index (χ1n) is 5.93. The molecular weight excluding hydrogens is 309 g/mol. The van der Waals surface area contributed by atoms with E-state index in [0.29, 0.717) is 5.02 Å². The number of hydrogen-bond acceptors (Lipinski definition) is 4. The Hall–Kier alpha value is -0.330. The lowest BCUT2D eigenvalue weighted by molar-refractivity contribution is 0.194. The first kappa shape index (κ1) is 16.7. The molecule has 0 fully saturated rings. The van der Waals surface area contributed by atoms with Crippen molar-refractivity contribution in [3.63, 3.8) is 0 Å². The Morgan fingerprint density at radius 2 is 2.05 bits per heavy atom. The van der Waals surface area contributed by atoms with E-state index in [-0.39, 0.29) is 22.2 Å². The van der Waals surface area contributed by atoms with Crippen molar-refractivity contribution in [2.45, 2.75) is 24.3 Å². The minimum absolute atomic E-state index is 0.0452. The van der Waals surface area contributed by atoms with Crippen molar-refractivity contribution in [2.75, 3.05) is 18.8 Å². The first-order chi connectivity index (χ1) is 8.86. The zero-order valence-corrected chi connectivity index (χ0v) is 12.9. The molecule has 108 valence electrons. The van der Waals surface area contributed by atoms with Crippen LogP contribution in [0.5, 0.6) is 0 Å². The van der Waals surface area contributed by atoms with Gasteiger partial charge in [-0.15, -0.1) is 0 Å². The van der Waals surface area contributed by atoms with Gasteiger partial charge in [0, 0.05) is 11.6 Å². The van der Waals surface area contributed by atoms with E-state index in [1.165, 1.54) is 18.2 Å². The molecule has 0 spiro atoms. The lowest BCUT2D eigenvalue weighted by Gasteiger charge is -2.13.